The summed E-state index contributed by atoms with van der Waals surface area (Å²) in [4.78, 5) is 21.6. The fraction of sp³-hybridized carbons (Fsp3) is 0.636. The summed E-state index contributed by atoms with van der Waals surface area (Å²) in [6, 6.07) is 8.70. The molecule has 2 atom stereocenters. The number of hydrogen-bond donors (Lipinski definition) is 1. The maximum Gasteiger partial charge on any atom is 0.251 e. The minimum Gasteiger partial charge on any atom is -0.368 e. The summed E-state index contributed by atoms with van der Waals surface area (Å²) < 4.78 is 5.55. The first-order chi connectivity index (χ1) is 13.6. The molecular formula is C22H34N4O2. The normalized spacial score (nSPS) is 21.7. The summed E-state index contributed by atoms with van der Waals surface area (Å²) in [6.45, 7) is 11.8. The molecule has 2 fully saturated rings. The highest BCUT2D eigenvalue weighted by Gasteiger charge is 2.30. The second-order valence-electron chi connectivity index (χ2n) is 7.82. The van der Waals surface area contributed by atoms with Gasteiger partial charge in [-0.1, -0.05) is 36.8 Å². The number of amides is 1. The van der Waals surface area contributed by atoms with Gasteiger partial charge < -0.3 is 19.9 Å². The second kappa shape index (κ2) is 9.92. The molecular weight excluding hydrogens is 352 g/mol. The van der Waals surface area contributed by atoms with E-state index in [0.29, 0.717) is 12.5 Å². The van der Waals surface area contributed by atoms with Gasteiger partial charge in [0.05, 0.1) is 0 Å². The Labute approximate surface area is 168 Å². The Morgan fingerprint density at radius 2 is 1.89 bits per heavy atom. The Hall–Kier alpha value is -2.08. The van der Waals surface area contributed by atoms with Crippen LogP contribution in [0.4, 0.5) is 0 Å². The van der Waals surface area contributed by atoms with E-state index in [-0.39, 0.29) is 12.0 Å². The number of carbonyl (C=O) groups excluding carboxylic acids is 1. The standard InChI is InChI=1S/C22H34N4O2/c1-4-23-22(24-16-18(3)19-9-7-17(2)8-10-19)26-13-11-25(12-14-26)21(27)20-6-5-15-28-20/h7-10,18,20H,4-6,11-16H2,1-3H3,(H,23,24). The van der Waals surface area contributed by atoms with Crippen LogP contribution in [0.1, 0.15) is 43.7 Å². The minimum atomic E-state index is -0.219. The molecule has 0 bridgehead atoms. The van der Waals surface area contributed by atoms with Crippen LogP contribution in [-0.2, 0) is 9.53 Å². The van der Waals surface area contributed by atoms with Gasteiger partial charge in [-0.2, -0.15) is 0 Å². The number of rotatable bonds is 5. The third-order valence-electron chi connectivity index (χ3n) is 5.59. The largest absolute Gasteiger partial charge is 0.368 e. The number of aryl methyl sites for hydroxylation is 1. The van der Waals surface area contributed by atoms with Crippen molar-refractivity contribution < 1.29 is 9.53 Å². The van der Waals surface area contributed by atoms with E-state index >= 15 is 0 Å². The molecule has 154 valence electrons. The van der Waals surface area contributed by atoms with Gasteiger partial charge in [0.1, 0.15) is 6.10 Å². The molecule has 28 heavy (non-hydrogen) atoms. The second-order valence-corrected chi connectivity index (χ2v) is 7.82. The molecule has 6 nitrogen and oxygen atoms in total. The molecule has 2 aliphatic rings. The molecule has 1 N–H and O–H groups in total. The highest BCUT2D eigenvalue weighted by molar-refractivity contribution is 5.82. The van der Waals surface area contributed by atoms with Crippen LogP contribution in [0.15, 0.2) is 29.3 Å². The Bertz CT molecular complexity index is 660. The number of carbonyl (C=O) groups is 1. The first-order valence-electron chi connectivity index (χ1n) is 10.6. The number of benzene rings is 1. The molecule has 0 aliphatic carbocycles. The van der Waals surface area contributed by atoms with Crippen molar-refractivity contribution in [3.63, 3.8) is 0 Å². The molecule has 3 rings (SSSR count). The van der Waals surface area contributed by atoms with Crippen LogP contribution in [0.3, 0.4) is 0 Å². The third-order valence-corrected chi connectivity index (χ3v) is 5.59. The highest BCUT2D eigenvalue weighted by atomic mass is 16.5. The van der Waals surface area contributed by atoms with Gasteiger partial charge in [-0.15, -0.1) is 0 Å². The van der Waals surface area contributed by atoms with E-state index in [4.69, 9.17) is 9.73 Å². The van der Waals surface area contributed by atoms with Crippen LogP contribution in [0.25, 0.3) is 0 Å². The zero-order valence-electron chi connectivity index (χ0n) is 17.5. The average Bonchev–Trinajstić information content (AvgIpc) is 3.26. The number of nitrogens with zero attached hydrogens (tertiary/aromatic N) is 3. The summed E-state index contributed by atoms with van der Waals surface area (Å²) in [5, 5.41) is 3.42. The van der Waals surface area contributed by atoms with E-state index in [9.17, 15) is 4.79 Å². The van der Waals surface area contributed by atoms with Crippen LogP contribution in [0.2, 0.25) is 0 Å². The van der Waals surface area contributed by atoms with Gasteiger partial charge in [0.15, 0.2) is 5.96 Å². The van der Waals surface area contributed by atoms with Gasteiger partial charge in [-0.3, -0.25) is 9.79 Å². The molecule has 0 spiro atoms. The zero-order chi connectivity index (χ0) is 19.9. The predicted octanol–water partition coefficient (Wildman–Crippen LogP) is 2.39. The SMILES string of the molecule is CCNC(=NCC(C)c1ccc(C)cc1)N1CCN(C(=O)C2CCCO2)CC1. The fourth-order valence-electron chi connectivity index (χ4n) is 3.76. The van der Waals surface area contributed by atoms with Crippen LogP contribution >= 0.6 is 0 Å². The Kier molecular flexibility index (Phi) is 7.31. The van der Waals surface area contributed by atoms with Crippen molar-refractivity contribution >= 4 is 11.9 Å². The number of piperazine rings is 1. The van der Waals surface area contributed by atoms with Crippen LogP contribution in [-0.4, -0.2) is 73.6 Å². The molecule has 1 amide bonds. The van der Waals surface area contributed by atoms with E-state index in [2.05, 4.69) is 55.3 Å². The topological polar surface area (TPSA) is 57.2 Å². The quantitative estimate of drug-likeness (QED) is 0.624. The van der Waals surface area contributed by atoms with Crippen LogP contribution in [0.5, 0.6) is 0 Å². The van der Waals surface area contributed by atoms with E-state index in [1.54, 1.807) is 0 Å². The maximum absolute atomic E-state index is 12.5. The molecule has 0 radical (unpaired) electrons. The van der Waals surface area contributed by atoms with Crippen molar-refractivity contribution in [1.82, 2.24) is 15.1 Å². The lowest BCUT2D eigenvalue weighted by atomic mass is 10.0. The van der Waals surface area contributed by atoms with Gasteiger partial charge in [-0.05, 0) is 32.3 Å². The van der Waals surface area contributed by atoms with Crippen LogP contribution in [0, 0.1) is 6.92 Å². The summed E-state index contributed by atoms with van der Waals surface area (Å²) >= 11 is 0. The number of guanidine groups is 1. The molecule has 0 aromatic heterocycles. The van der Waals surface area contributed by atoms with Crippen LogP contribution < -0.4 is 5.32 Å². The number of ether oxygens (including phenoxy) is 1. The highest BCUT2D eigenvalue weighted by Crippen LogP contribution is 2.18. The van der Waals surface area contributed by atoms with Gasteiger partial charge in [0.25, 0.3) is 5.91 Å². The Balaban J connectivity index is 1.55. The van der Waals surface area contributed by atoms with Crippen molar-refractivity contribution in [1.29, 1.82) is 0 Å². The number of aliphatic imine (C=N–C) groups is 1. The summed E-state index contributed by atoms with van der Waals surface area (Å²) in [7, 11) is 0. The van der Waals surface area contributed by atoms with E-state index in [0.717, 1.165) is 58.1 Å². The first kappa shape index (κ1) is 20.6. The third kappa shape index (κ3) is 5.25. The molecule has 1 aromatic carbocycles. The fourth-order valence-corrected chi connectivity index (χ4v) is 3.76. The van der Waals surface area contributed by atoms with Crippen molar-refractivity contribution in [3.05, 3.63) is 35.4 Å². The monoisotopic (exact) mass is 386 g/mol. The minimum absolute atomic E-state index is 0.159. The predicted molar refractivity (Wildman–Crippen MR) is 113 cm³/mol. The van der Waals surface area contributed by atoms with Gasteiger partial charge >= 0.3 is 0 Å². The number of nitrogens with one attached hydrogen (secondary N) is 1. The first-order valence-corrected chi connectivity index (χ1v) is 10.6. The summed E-state index contributed by atoms with van der Waals surface area (Å²) in [5.41, 5.74) is 2.60. The Morgan fingerprint density at radius 1 is 1.21 bits per heavy atom. The molecule has 1 aromatic rings. The molecule has 0 saturated carbocycles. The molecule has 2 aliphatic heterocycles. The average molecular weight is 387 g/mol. The molecule has 2 unspecified atom stereocenters. The maximum atomic E-state index is 12.5. The summed E-state index contributed by atoms with van der Waals surface area (Å²) in [5.74, 6) is 1.48. The lowest BCUT2D eigenvalue weighted by Crippen LogP contribution is -2.55. The molecule has 2 heterocycles. The van der Waals surface area contributed by atoms with Crippen molar-refractivity contribution in [2.45, 2.75) is 45.6 Å². The lowest BCUT2D eigenvalue weighted by molar-refractivity contribution is -0.142. The van der Waals surface area contributed by atoms with Gasteiger partial charge in [-0.25, -0.2) is 0 Å². The van der Waals surface area contributed by atoms with E-state index in [1.807, 2.05) is 4.90 Å². The van der Waals surface area contributed by atoms with Gasteiger partial charge in [0, 0.05) is 51.8 Å². The van der Waals surface area contributed by atoms with E-state index in [1.165, 1.54) is 11.1 Å². The smallest absolute Gasteiger partial charge is 0.251 e. The van der Waals surface area contributed by atoms with Crippen molar-refractivity contribution in [2.75, 3.05) is 45.9 Å². The van der Waals surface area contributed by atoms with Crippen molar-refractivity contribution in [3.8, 4) is 0 Å². The van der Waals surface area contributed by atoms with Gasteiger partial charge in [0.2, 0.25) is 0 Å². The van der Waals surface area contributed by atoms with Crippen molar-refractivity contribution in [2.24, 2.45) is 4.99 Å². The molecule has 2 saturated heterocycles. The summed E-state index contributed by atoms with van der Waals surface area (Å²) in [6.07, 6.45) is 1.64. The number of hydrogen-bond acceptors (Lipinski definition) is 3. The van der Waals surface area contributed by atoms with E-state index < -0.39 is 0 Å². The lowest BCUT2D eigenvalue weighted by Gasteiger charge is -2.37. The zero-order valence-corrected chi connectivity index (χ0v) is 17.5. The Morgan fingerprint density at radius 3 is 2.50 bits per heavy atom. The molecule has 6 heteroatoms.